The number of hydrogen-bond acceptors (Lipinski definition) is 2. The molecule has 1 saturated heterocycles. The van der Waals surface area contributed by atoms with Gasteiger partial charge in [-0.15, -0.1) is 0 Å². The fourth-order valence-electron chi connectivity index (χ4n) is 3.25. The Bertz CT molecular complexity index is 833. The van der Waals surface area contributed by atoms with Gasteiger partial charge in [-0.1, -0.05) is 48.0 Å². The quantitative estimate of drug-likeness (QED) is 0.801. The number of aryl methyl sites for hydroxylation is 1. The molecular weight excluding hydrogens is 351 g/mol. The number of hydrogen-bond donors (Lipinski definition) is 0. The van der Waals surface area contributed by atoms with Gasteiger partial charge < -0.3 is 0 Å². The fraction of sp³-hybridized carbons (Fsp3) is 0.333. The van der Waals surface area contributed by atoms with Crippen LogP contribution >= 0.6 is 0 Å². The van der Waals surface area contributed by atoms with Gasteiger partial charge in [0.1, 0.15) is 6.04 Å². The molecule has 2 aromatic carbocycles. The van der Waals surface area contributed by atoms with Crippen molar-refractivity contribution >= 4 is 10.0 Å². The third-order valence-corrected chi connectivity index (χ3v) is 6.42. The Kier molecular flexibility index (Phi) is 4.64. The minimum Gasteiger partial charge on any atom is -0.207 e. The van der Waals surface area contributed by atoms with Gasteiger partial charge in [0.2, 0.25) is 10.0 Å². The smallest absolute Gasteiger partial charge is 0.207 e. The van der Waals surface area contributed by atoms with Crippen molar-refractivity contribution in [2.75, 3.05) is 0 Å². The van der Waals surface area contributed by atoms with Crippen LogP contribution < -0.4 is 0 Å². The van der Waals surface area contributed by atoms with Crippen molar-refractivity contribution in [2.24, 2.45) is 0 Å². The van der Waals surface area contributed by atoms with Crippen molar-refractivity contribution in [3.05, 3.63) is 65.7 Å². The summed E-state index contributed by atoms with van der Waals surface area (Å²) < 4.78 is 67.2. The van der Waals surface area contributed by atoms with Crippen molar-refractivity contribution in [3.8, 4) is 0 Å². The molecule has 0 N–H and O–H groups in total. The predicted octanol–water partition coefficient (Wildman–Crippen LogP) is 4.45. The first kappa shape index (κ1) is 17.9. The second kappa shape index (κ2) is 6.46. The number of nitrogens with zero attached hydrogens (tertiary/aromatic N) is 1. The normalized spacial score (nSPS) is 22.2. The zero-order valence-corrected chi connectivity index (χ0v) is 14.4. The third kappa shape index (κ3) is 3.43. The van der Waals surface area contributed by atoms with Crippen LogP contribution in [0.15, 0.2) is 59.5 Å². The second-order valence-corrected chi connectivity index (χ2v) is 8.05. The molecule has 0 aliphatic carbocycles. The van der Waals surface area contributed by atoms with Crippen LogP contribution in [0.5, 0.6) is 0 Å². The second-order valence-electron chi connectivity index (χ2n) is 6.21. The highest BCUT2D eigenvalue weighted by Gasteiger charge is 2.54. The van der Waals surface area contributed by atoms with Crippen LogP contribution in [0.25, 0.3) is 0 Å². The van der Waals surface area contributed by atoms with Gasteiger partial charge in [0.15, 0.2) is 0 Å². The molecule has 134 valence electrons. The van der Waals surface area contributed by atoms with E-state index < -0.39 is 28.3 Å². The lowest BCUT2D eigenvalue weighted by Crippen LogP contribution is -2.45. The Morgan fingerprint density at radius 1 is 0.960 bits per heavy atom. The molecule has 0 amide bonds. The largest absolute Gasteiger partial charge is 0.405 e. The van der Waals surface area contributed by atoms with E-state index in [1.807, 2.05) is 0 Å². The zero-order chi connectivity index (χ0) is 18.2. The van der Waals surface area contributed by atoms with Crippen LogP contribution in [0.3, 0.4) is 0 Å². The minimum absolute atomic E-state index is 0.116. The average molecular weight is 369 g/mol. The van der Waals surface area contributed by atoms with Gasteiger partial charge in [-0.3, -0.25) is 0 Å². The van der Waals surface area contributed by atoms with Crippen molar-refractivity contribution in [1.82, 2.24) is 4.31 Å². The first-order valence-electron chi connectivity index (χ1n) is 7.93. The van der Waals surface area contributed by atoms with E-state index in [4.69, 9.17) is 0 Å². The SMILES string of the molecule is Cc1ccc(S(=O)(=O)N2[C@H](C(F)(F)F)CC[C@H]2c2ccccc2)cc1. The molecule has 7 heteroatoms. The van der Waals surface area contributed by atoms with Crippen LogP contribution in [0, 0.1) is 6.92 Å². The molecule has 0 saturated carbocycles. The van der Waals surface area contributed by atoms with Crippen molar-refractivity contribution in [1.29, 1.82) is 0 Å². The minimum atomic E-state index is -4.61. The van der Waals surface area contributed by atoms with Crippen LogP contribution in [0.2, 0.25) is 0 Å². The summed E-state index contributed by atoms with van der Waals surface area (Å²) >= 11 is 0. The summed E-state index contributed by atoms with van der Waals surface area (Å²) in [6.45, 7) is 1.79. The van der Waals surface area contributed by atoms with Crippen LogP contribution in [-0.4, -0.2) is 24.9 Å². The number of sulfonamides is 1. The molecule has 0 radical (unpaired) electrons. The topological polar surface area (TPSA) is 37.4 Å². The third-order valence-electron chi connectivity index (χ3n) is 4.49. The van der Waals surface area contributed by atoms with Gasteiger partial charge in [-0.25, -0.2) is 8.42 Å². The molecule has 3 nitrogen and oxygen atoms in total. The molecule has 25 heavy (non-hydrogen) atoms. The van der Waals surface area contributed by atoms with E-state index in [9.17, 15) is 21.6 Å². The first-order chi connectivity index (χ1) is 11.7. The molecule has 0 unspecified atom stereocenters. The maximum atomic E-state index is 13.5. The fourth-order valence-corrected chi connectivity index (χ4v) is 5.10. The van der Waals surface area contributed by atoms with Gasteiger partial charge in [-0.2, -0.15) is 17.5 Å². The van der Waals surface area contributed by atoms with Gasteiger partial charge in [0.25, 0.3) is 0 Å². The molecule has 1 heterocycles. The maximum Gasteiger partial charge on any atom is 0.405 e. The molecule has 1 aliphatic heterocycles. The molecule has 0 spiro atoms. The summed E-state index contributed by atoms with van der Waals surface area (Å²) in [4.78, 5) is -0.116. The molecule has 1 fully saturated rings. The lowest BCUT2D eigenvalue weighted by atomic mass is 10.1. The molecule has 1 aliphatic rings. The molecule has 2 aromatic rings. The van der Waals surface area contributed by atoms with Crippen molar-refractivity contribution in [2.45, 2.75) is 42.9 Å². The van der Waals surface area contributed by atoms with Gasteiger partial charge in [-0.05, 0) is 37.5 Å². The highest BCUT2D eigenvalue weighted by molar-refractivity contribution is 7.89. The standard InChI is InChI=1S/C18H18F3NO2S/c1-13-7-9-15(10-8-13)25(23,24)22-16(14-5-3-2-4-6-14)11-12-17(22)18(19,20)21/h2-10,16-17H,11-12H2,1H3/t16-,17-/m0/s1. The molecule has 2 atom stereocenters. The average Bonchev–Trinajstić information content (AvgIpc) is 3.02. The van der Waals surface area contributed by atoms with E-state index in [0.717, 1.165) is 5.56 Å². The van der Waals surface area contributed by atoms with E-state index >= 15 is 0 Å². The van der Waals surface area contributed by atoms with E-state index in [1.165, 1.54) is 12.1 Å². The lowest BCUT2D eigenvalue weighted by Gasteiger charge is -2.30. The summed E-state index contributed by atoms with van der Waals surface area (Å²) in [7, 11) is -4.27. The summed E-state index contributed by atoms with van der Waals surface area (Å²) in [6, 6.07) is 11.5. The van der Waals surface area contributed by atoms with Crippen molar-refractivity contribution < 1.29 is 21.6 Å². The summed E-state index contributed by atoms with van der Waals surface area (Å²) in [5.41, 5.74) is 1.41. The maximum absolute atomic E-state index is 13.5. The molecule has 0 bridgehead atoms. The van der Waals surface area contributed by atoms with Gasteiger partial charge in [0.05, 0.1) is 10.9 Å². The van der Waals surface area contributed by atoms with Crippen LogP contribution in [-0.2, 0) is 10.0 Å². The molecule has 0 aromatic heterocycles. The lowest BCUT2D eigenvalue weighted by molar-refractivity contribution is -0.167. The molecular formula is C18H18F3NO2S. The number of rotatable bonds is 3. The Hall–Kier alpha value is -1.86. The summed E-state index contributed by atoms with van der Waals surface area (Å²) in [6.07, 6.45) is -4.71. The van der Waals surface area contributed by atoms with Gasteiger partial charge in [0, 0.05) is 0 Å². The highest BCUT2D eigenvalue weighted by Crippen LogP contribution is 2.45. The number of halogens is 3. The van der Waals surface area contributed by atoms with E-state index in [1.54, 1.807) is 49.4 Å². The van der Waals surface area contributed by atoms with Crippen LogP contribution in [0.4, 0.5) is 13.2 Å². The van der Waals surface area contributed by atoms with E-state index in [2.05, 4.69) is 0 Å². The summed E-state index contributed by atoms with van der Waals surface area (Å²) in [5.74, 6) is 0. The first-order valence-corrected chi connectivity index (χ1v) is 9.37. The van der Waals surface area contributed by atoms with Gasteiger partial charge >= 0.3 is 6.18 Å². The molecule has 3 rings (SSSR count). The highest BCUT2D eigenvalue weighted by atomic mass is 32.2. The Morgan fingerprint density at radius 3 is 2.12 bits per heavy atom. The van der Waals surface area contributed by atoms with Crippen molar-refractivity contribution in [3.63, 3.8) is 0 Å². The Labute approximate surface area is 145 Å². The Morgan fingerprint density at radius 2 is 1.56 bits per heavy atom. The number of alkyl halides is 3. The number of benzene rings is 2. The Balaban J connectivity index is 2.09. The summed E-state index contributed by atoms with van der Waals surface area (Å²) in [5, 5.41) is 0. The van der Waals surface area contributed by atoms with E-state index in [0.29, 0.717) is 9.87 Å². The predicted molar refractivity (Wildman–Crippen MR) is 88.5 cm³/mol. The van der Waals surface area contributed by atoms with E-state index in [-0.39, 0.29) is 17.7 Å². The zero-order valence-electron chi connectivity index (χ0n) is 13.6. The van der Waals surface area contributed by atoms with Crippen LogP contribution in [0.1, 0.15) is 30.0 Å². The monoisotopic (exact) mass is 369 g/mol.